The fraction of sp³-hybridized carbons (Fsp3) is 0.375. The molecule has 2 rings (SSSR count). The molecule has 21 heavy (non-hydrogen) atoms. The Hall–Kier alpha value is -1.56. The van der Waals surface area contributed by atoms with E-state index in [4.69, 9.17) is 9.47 Å². The van der Waals surface area contributed by atoms with E-state index in [9.17, 15) is 4.79 Å². The summed E-state index contributed by atoms with van der Waals surface area (Å²) in [5.41, 5.74) is 1.95. The third kappa shape index (κ3) is 4.46. The molecule has 0 aliphatic carbocycles. The predicted molar refractivity (Wildman–Crippen MR) is 83.3 cm³/mol. The largest absolute Gasteiger partial charge is 0.346 e. The minimum atomic E-state index is -0.788. The molecule has 0 saturated heterocycles. The third-order valence-corrected chi connectivity index (χ3v) is 3.69. The van der Waals surface area contributed by atoms with Gasteiger partial charge in [0.1, 0.15) is 5.01 Å². The van der Waals surface area contributed by atoms with E-state index in [0.29, 0.717) is 13.2 Å². The van der Waals surface area contributed by atoms with Crippen LogP contribution in [0, 0.1) is 0 Å². The Morgan fingerprint density at radius 3 is 2.48 bits per heavy atom. The standard InChI is InChI=1S/C16H19NO3S/c1-3-19-16(20-4-2)14(18)10-15-17-13(11-21-15)12-8-6-5-7-9-12/h5-9,11,16H,3-4,10H2,1-2H3. The number of Topliss-reactive ketones (excluding diaryl/α,β-unsaturated/α-hetero) is 1. The van der Waals surface area contributed by atoms with Crippen molar-refractivity contribution in [3.8, 4) is 11.3 Å². The Bertz CT molecular complexity index is 562. The Kier molecular flexibility index (Phi) is 6.04. The van der Waals surface area contributed by atoms with Crippen LogP contribution in [0.3, 0.4) is 0 Å². The van der Waals surface area contributed by atoms with Gasteiger partial charge < -0.3 is 9.47 Å². The molecule has 0 saturated carbocycles. The molecular formula is C16H19NO3S. The number of benzene rings is 1. The summed E-state index contributed by atoms with van der Waals surface area (Å²) in [5, 5.41) is 2.75. The molecule has 0 bridgehead atoms. The van der Waals surface area contributed by atoms with Gasteiger partial charge in [-0.3, -0.25) is 4.79 Å². The van der Waals surface area contributed by atoms with Crippen molar-refractivity contribution in [3.63, 3.8) is 0 Å². The van der Waals surface area contributed by atoms with Crippen molar-refractivity contribution in [2.75, 3.05) is 13.2 Å². The summed E-state index contributed by atoms with van der Waals surface area (Å²) in [7, 11) is 0. The minimum absolute atomic E-state index is 0.0901. The molecule has 5 heteroatoms. The Morgan fingerprint density at radius 2 is 1.86 bits per heavy atom. The number of aromatic nitrogens is 1. The molecule has 112 valence electrons. The van der Waals surface area contributed by atoms with E-state index in [-0.39, 0.29) is 12.2 Å². The normalized spacial score (nSPS) is 11.0. The molecule has 1 heterocycles. The summed E-state index contributed by atoms with van der Waals surface area (Å²) in [4.78, 5) is 16.7. The van der Waals surface area contributed by atoms with Gasteiger partial charge in [0.05, 0.1) is 12.1 Å². The first-order valence-corrected chi connectivity index (χ1v) is 7.88. The molecular weight excluding hydrogens is 286 g/mol. The summed E-state index contributed by atoms with van der Waals surface area (Å²) < 4.78 is 10.6. The first-order valence-electron chi connectivity index (χ1n) is 7.00. The smallest absolute Gasteiger partial charge is 0.218 e. The molecule has 0 atom stereocenters. The van der Waals surface area contributed by atoms with E-state index < -0.39 is 6.29 Å². The van der Waals surface area contributed by atoms with Crippen molar-refractivity contribution in [3.05, 3.63) is 40.7 Å². The molecule has 1 aromatic heterocycles. The topological polar surface area (TPSA) is 48.4 Å². The Labute approximate surface area is 128 Å². The summed E-state index contributed by atoms with van der Waals surface area (Å²) in [6, 6.07) is 9.92. The molecule has 1 aromatic carbocycles. The Morgan fingerprint density at radius 1 is 1.19 bits per heavy atom. The maximum absolute atomic E-state index is 12.2. The summed E-state index contributed by atoms with van der Waals surface area (Å²) in [6.45, 7) is 4.58. The van der Waals surface area contributed by atoms with Gasteiger partial charge in [-0.1, -0.05) is 30.3 Å². The maximum atomic E-state index is 12.2. The van der Waals surface area contributed by atoms with E-state index in [2.05, 4.69) is 4.98 Å². The van der Waals surface area contributed by atoms with Crippen LogP contribution in [-0.2, 0) is 20.7 Å². The van der Waals surface area contributed by atoms with Crippen molar-refractivity contribution in [2.45, 2.75) is 26.6 Å². The highest BCUT2D eigenvalue weighted by Gasteiger charge is 2.20. The van der Waals surface area contributed by atoms with Crippen LogP contribution in [0.5, 0.6) is 0 Å². The molecule has 0 unspecified atom stereocenters. The van der Waals surface area contributed by atoms with Crippen molar-refractivity contribution >= 4 is 17.1 Å². The van der Waals surface area contributed by atoms with Gasteiger partial charge in [-0.05, 0) is 13.8 Å². The molecule has 0 aliphatic rings. The van der Waals surface area contributed by atoms with Crippen molar-refractivity contribution in [1.29, 1.82) is 0 Å². The van der Waals surface area contributed by atoms with Crippen LogP contribution in [0.2, 0.25) is 0 Å². The van der Waals surface area contributed by atoms with Gasteiger partial charge in [0.2, 0.25) is 6.29 Å². The van der Waals surface area contributed by atoms with Crippen molar-refractivity contribution < 1.29 is 14.3 Å². The number of carbonyl (C=O) groups excluding carboxylic acids is 1. The second-order valence-electron chi connectivity index (χ2n) is 4.38. The first-order chi connectivity index (χ1) is 10.2. The monoisotopic (exact) mass is 305 g/mol. The number of ketones is 1. The van der Waals surface area contributed by atoms with Gasteiger partial charge in [0.25, 0.3) is 0 Å². The van der Waals surface area contributed by atoms with E-state index in [1.807, 2.05) is 49.6 Å². The molecule has 0 aliphatic heterocycles. The summed E-state index contributed by atoms with van der Waals surface area (Å²) in [5.74, 6) is -0.0901. The minimum Gasteiger partial charge on any atom is -0.346 e. The summed E-state index contributed by atoms with van der Waals surface area (Å²) in [6.07, 6.45) is -0.550. The third-order valence-electron chi connectivity index (χ3n) is 2.85. The highest BCUT2D eigenvalue weighted by molar-refractivity contribution is 7.10. The number of nitrogens with zero attached hydrogens (tertiary/aromatic N) is 1. The molecule has 2 aromatic rings. The van der Waals surface area contributed by atoms with Gasteiger partial charge in [-0.15, -0.1) is 11.3 Å². The lowest BCUT2D eigenvalue weighted by atomic mass is 10.2. The number of thiazole rings is 1. The highest BCUT2D eigenvalue weighted by atomic mass is 32.1. The zero-order valence-corrected chi connectivity index (χ0v) is 13.1. The van der Waals surface area contributed by atoms with Crippen LogP contribution in [-0.4, -0.2) is 30.3 Å². The van der Waals surface area contributed by atoms with Gasteiger partial charge in [-0.25, -0.2) is 4.98 Å². The van der Waals surface area contributed by atoms with E-state index in [1.54, 1.807) is 0 Å². The van der Waals surface area contributed by atoms with Crippen LogP contribution >= 0.6 is 11.3 Å². The quantitative estimate of drug-likeness (QED) is 0.702. The van der Waals surface area contributed by atoms with Gasteiger partial charge in [0.15, 0.2) is 5.78 Å². The lowest BCUT2D eigenvalue weighted by molar-refractivity contribution is -0.167. The number of hydrogen-bond acceptors (Lipinski definition) is 5. The Balaban J connectivity index is 2.03. The second kappa shape index (κ2) is 8.02. The number of hydrogen-bond donors (Lipinski definition) is 0. The summed E-state index contributed by atoms with van der Waals surface area (Å²) >= 11 is 1.48. The molecule has 4 nitrogen and oxygen atoms in total. The number of carbonyl (C=O) groups is 1. The van der Waals surface area contributed by atoms with Gasteiger partial charge >= 0.3 is 0 Å². The predicted octanol–water partition coefficient (Wildman–Crippen LogP) is 3.32. The lowest BCUT2D eigenvalue weighted by Crippen LogP contribution is -2.29. The second-order valence-corrected chi connectivity index (χ2v) is 5.32. The lowest BCUT2D eigenvalue weighted by Gasteiger charge is -2.14. The molecule has 0 N–H and O–H groups in total. The molecule has 0 amide bonds. The van der Waals surface area contributed by atoms with E-state index in [0.717, 1.165) is 16.3 Å². The average molecular weight is 305 g/mol. The van der Waals surface area contributed by atoms with Gasteiger partial charge in [-0.2, -0.15) is 0 Å². The SMILES string of the molecule is CCOC(OCC)C(=O)Cc1nc(-c2ccccc2)cs1. The van der Waals surface area contributed by atoms with Crippen LogP contribution in [0.4, 0.5) is 0 Å². The zero-order chi connectivity index (χ0) is 15.1. The van der Waals surface area contributed by atoms with Crippen molar-refractivity contribution in [1.82, 2.24) is 4.98 Å². The number of ether oxygens (including phenoxy) is 2. The zero-order valence-electron chi connectivity index (χ0n) is 12.2. The number of rotatable bonds is 8. The van der Waals surface area contributed by atoms with Crippen LogP contribution in [0.15, 0.2) is 35.7 Å². The highest BCUT2D eigenvalue weighted by Crippen LogP contribution is 2.22. The maximum Gasteiger partial charge on any atom is 0.218 e. The average Bonchev–Trinajstić information content (AvgIpc) is 2.96. The van der Waals surface area contributed by atoms with Gasteiger partial charge in [0, 0.05) is 24.2 Å². The van der Waals surface area contributed by atoms with E-state index in [1.165, 1.54) is 11.3 Å². The van der Waals surface area contributed by atoms with Crippen molar-refractivity contribution in [2.24, 2.45) is 0 Å². The fourth-order valence-corrected chi connectivity index (χ4v) is 2.72. The van der Waals surface area contributed by atoms with Crippen LogP contribution in [0.1, 0.15) is 18.9 Å². The van der Waals surface area contributed by atoms with E-state index >= 15 is 0 Å². The van der Waals surface area contributed by atoms with Crippen LogP contribution < -0.4 is 0 Å². The molecule has 0 spiro atoms. The molecule has 0 radical (unpaired) electrons. The van der Waals surface area contributed by atoms with Crippen LogP contribution in [0.25, 0.3) is 11.3 Å². The first kappa shape index (κ1) is 15.8. The fourth-order valence-electron chi connectivity index (χ4n) is 1.90. The molecule has 0 fully saturated rings.